The summed E-state index contributed by atoms with van der Waals surface area (Å²) in [5.74, 6) is -1.86. The molecular weight excluding hydrogens is 578 g/mol. The van der Waals surface area contributed by atoms with Gasteiger partial charge in [0.05, 0.1) is 27.3 Å². The molecule has 3 heterocycles. The number of nitrogens with zero attached hydrogens (tertiary/aromatic N) is 1. The SMILES string of the molecule is Cc1cccc(Cl)c1NC(=O)C1N(CCCO)C(=O)[C@@H]2[C@@H](C(=O)NCc3ccccc3)[C@@H]3SC12CC3Br. The Hall–Kier alpha value is -2.07. The highest BCUT2D eigenvalue weighted by Gasteiger charge is 2.75. The largest absolute Gasteiger partial charge is 0.396 e. The van der Waals surface area contributed by atoms with E-state index in [9.17, 15) is 19.5 Å². The quantitative estimate of drug-likeness (QED) is 0.398. The Morgan fingerprint density at radius 2 is 1.95 bits per heavy atom. The third kappa shape index (κ3) is 4.58. The molecule has 10 heteroatoms. The average Bonchev–Trinajstić information content (AvgIpc) is 3.47. The molecule has 3 amide bonds. The van der Waals surface area contributed by atoms with Crippen LogP contribution in [0.5, 0.6) is 0 Å². The Morgan fingerprint density at radius 3 is 2.65 bits per heavy atom. The number of likely N-dealkylation sites (tertiary alicyclic amines) is 1. The van der Waals surface area contributed by atoms with Crippen LogP contribution in [0, 0.1) is 18.8 Å². The normalized spacial score (nSPS) is 29.9. The molecular formula is C27H29BrClN3O4S. The second-order valence-electron chi connectivity index (χ2n) is 9.90. The monoisotopic (exact) mass is 605 g/mol. The highest BCUT2D eigenvalue weighted by Crippen LogP contribution is 2.67. The van der Waals surface area contributed by atoms with Gasteiger partial charge in [-0.15, -0.1) is 11.8 Å². The number of aliphatic hydroxyl groups excluding tert-OH is 1. The molecule has 3 aliphatic heterocycles. The molecule has 0 saturated carbocycles. The Labute approximate surface area is 233 Å². The van der Waals surface area contributed by atoms with E-state index in [1.807, 2.05) is 49.4 Å². The molecule has 2 aromatic carbocycles. The number of alkyl halides is 1. The molecule has 0 aromatic heterocycles. The lowest BCUT2D eigenvalue weighted by Crippen LogP contribution is -2.53. The van der Waals surface area contributed by atoms with Crippen molar-refractivity contribution in [2.24, 2.45) is 11.8 Å². The van der Waals surface area contributed by atoms with Crippen LogP contribution in [0.4, 0.5) is 5.69 Å². The first kappa shape index (κ1) is 26.5. The minimum atomic E-state index is -0.783. The van der Waals surface area contributed by atoms with Gasteiger partial charge in [0.2, 0.25) is 17.7 Å². The fraction of sp³-hybridized carbons (Fsp3) is 0.444. The number of fused-ring (bicyclic) bond motifs is 1. The van der Waals surface area contributed by atoms with Crippen LogP contribution in [0.2, 0.25) is 5.02 Å². The number of carbonyl (C=O) groups excluding carboxylic acids is 3. The summed E-state index contributed by atoms with van der Waals surface area (Å²) in [6.07, 6.45) is 0.941. The number of hydrogen-bond acceptors (Lipinski definition) is 5. The number of rotatable bonds is 8. The van der Waals surface area contributed by atoms with E-state index in [0.717, 1.165) is 11.1 Å². The van der Waals surface area contributed by atoms with Crippen molar-refractivity contribution >= 4 is 62.7 Å². The van der Waals surface area contributed by atoms with Crippen LogP contribution in [-0.4, -0.2) is 61.7 Å². The summed E-state index contributed by atoms with van der Waals surface area (Å²) < 4.78 is -0.751. The van der Waals surface area contributed by atoms with Crippen LogP contribution >= 0.6 is 39.3 Å². The molecule has 37 heavy (non-hydrogen) atoms. The fourth-order valence-corrected chi connectivity index (χ4v) is 9.98. The molecule has 7 nitrogen and oxygen atoms in total. The van der Waals surface area contributed by atoms with Gasteiger partial charge in [0.1, 0.15) is 6.04 Å². The molecule has 3 aliphatic rings. The van der Waals surface area contributed by atoms with Gasteiger partial charge in [-0.1, -0.05) is 70.0 Å². The molecule has 0 radical (unpaired) electrons. The number of carbonyl (C=O) groups is 3. The smallest absolute Gasteiger partial charge is 0.248 e. The summed E-state index contributed by atoms with van der Waals surface area (Å²) in [6.45, 7) is 2.38. The van der Waals surface area contributed by atoms with E-state index >= 15 is 0 Å². The molecule has 5 rings (SSSR count). The molecule has 0 aliphatic carbocycles. The van der Waals surface area contributed by atoms with Crippen molar-refractivity contribution in [3.8, 4) is 0 Å². The van der Waals surface area contributed by atoms with Gasteiger partial charge in [0, 0.05) is 29.8 Å². The fourth-order valence-electron chi connectivity index (χ4n) is 6.10. The van der Waals surface area contributed by atoms with Crippen molar-refractivity contribution in [3.05, 3.63) is 64.7 Å². The number of thioether (sulfide) groups is 1. The molecule has 196 valence electrons. The van der Waals surface area contributed by atoms with Crippen molar-refractivity contribution in [1.29, 1.82) is 0 Å². The molecule has 2 bridgehead atoms. The lowest BCUT2D eigenvalue weighted by Gasteiger charge is -2.35. The third-order valence-corrected chi connectivity index (χ3v) is 11.2. The van der Waals surface area contributed by atoms with E-state index in [-0.39, 0.29) is 41.0 Å². The standard InChI is InChI=1S/C27H29BrClN3O4S/c1-15-7-5-10-18(29)21(15)31-25(35)23-27-13-17(28)22(37-27)19(20(27)26(36)32(23)11-6-12-33)24(34)30-14-16-8-3-2-4-9-16/h2-5,7-10,17,19-20,22-23,33H,6,11-14H2,1H3,(H,30,34)(H,31,35)/t17?,19-,20+,22-,23?,27?/m1/s1. The first-order chi connectivity index (χ1) is 17.8. The summed E-state index contributed by atoms with van der Waals surface area (Å²) in [5, 5.41) is 15.8. The number of para-hydroxylation sites is 1. The van der Waals surface area contributed by atoms with Crippen molar-refractivity contribution in [2.45, 2.75) is 47.2 Å². The van der Waals surface area contributed by atoms with Gasteiger partial charge in [-0.2, -0.15) is 0 Å². The first-order valence-electron chi connectivity index (χ1n) is 12.4. The van der Waals surface area contributed by atoms with Gasteiger partial charge in [0.25, 0.3) is 0 Å². The van der Waals surface area contributed by atoms with E-state index < -0.39 is 22.6 Å². The number of nitrogens with one attached hydrogen (secondary N) is 2. The summed E-state index contributed by atoms with van der Waals surface area (Å²) in [6, 6.07) is 14.3. The maximum atomic E-state index is 13.9. The van der Waals surface area contributed by atoms with Gasteiger partial charge < -0.3 is 20.6 Å². The summed E-state index contributed by atoms with van der Waals surface area (Å²) in [7, 11) is 0. The van der Waals surface area contributed by atoms with E-state index in [4.69, 9.17) is 11.6 Å². The molecule has 3 saturated heterocycles. The third-order valence-electron chi connectivity index (χ3n) is 7.68. The molecule has 2 aromatic rings. The number of aryl methyl sites for hydroxylation is 1. The Morgan fingerprint density at radius 1 is 1.19 bits per heavy atom. The van der Waals surface area contributed by atoms with E-state index in [0.29, 0.717) is 30.1 Å². The second-order valence-corrected chi connectivity index (χ2v) is 13.0. The Kier molecular flexibility index (Phi) is 7.60. The highest BCUT2D eigenvalue weighted by atomic mass is 79.9. The molecule has 3 N–H and O–H groups in total. The first-order valence-corrected chi connectivity index (χ1v) is 14.6. The van der Waals surface area contributed by atoms with E-state index in [1.165, 1.54) is 0 Å². The van der Waals surface area contributed by atoms with Gasteiger partial charge in [-0.25, -0.2) is 0 Å². The minimum absolute atomic E-state index is 0.0100. The predicted molar refractivity (Wildman–Crippen MR) is 149 cm³/mol. The molecule has 3 unspecified atom stereocenters. The zero-order valence-corrected chi connectivity index (χ0v) is 23.5. The zero-order valence-electron chi connectivity index (χ0n) is 20.3. The lowest BCUT2D eigenvalue weighted by atomic mass is 9.70. The van der Waals surface area contributed by atoms with Crippen LogP contribution in [-0.2, 0) is 20.9 Å². The van der Waals surface area contributed by atoms with Crippen molar-refractivity contribution < 1.29 is 19.5 Å². The minimum Gasteiger partial charge on any atom is -0.396 e. The number of halogens is 2. The highest BCUT2D eigenvalue weighted by molar-refractivity contribution is 9.09. The maximum Gasteiger partial charge on any atom is 0.248 e. The number of aliphatic hydroxyl groups is 1. The predicted octanol–water partition coefficient (Wildman–Crippen LogP) is 3.75. The Bertz CT molecular complexity index is 1200. The van der Waals surface area contributed by atoms with Gasteiger partial charge in [-0.05, 0) is 37.0 Å². The molecule has 3 fully saturated rings. The van der Waals surface area contributed by atoms with Gasteiger partial charge >= 0.3 is 0 Å². The van der Waals surface area contributed by atoms with Gasteiger partial charge in [0.15, 0.2) is 0 Å². The molecule has 6 atom stereocenters. The zero-order chi connectivity index (χ0) is 26.3. The van der Waals surface area contributed by atoms with Crippen LogP contribution < -0.4 is 10.6 Å². The van der Waals surface area contributed by atoms with Crippen LogP contribution in [0.1, 0.15) is 24.0 Å². The van der Waals surface area contributed by atoms with Crippen molar-refractivity contribution in [2.75, 3.05) is 18.5 Å². The number of hydrogen-bond donors (Lipinski definition) is 3. The topological polar surface area (TPSA) is 98.7 Å². The summed E-state index contributed by atoms with van der Waals surface area (Å²) >= 11 is 11.7. The molecule has 1 spiro atoms. The Balaban J connectivity index is 1.46. The maximum absolute atomic E-state index is 13.9. The van der Waals surface area contributed by atoms with Crippen LogP contribution in [0.25, 0.3) is 0 Å². The average molecular weight is 607 g/mol. The lowest BCUT2D eigenvalue weighted by molar-refractivity contribution is -0.139. The summed E-state index contributed by atoms with van der Waals surface area (Å²) in [5.41, 5.74) is 2.32. The van der Waals surface area contributed by atoms with Crippen molar-refractivity contribution in [3.63, 3.8) is 0 Å². The van der Waals surface area contributed by atoms with E-state index in [2.05, 4.69) is 26.6 Å². The van der Waals surface area contributed by atoms with Crippen LogP contribution in [0.15, 0.2) is 48.5 Å². The van der Waals surface area contributed by atoms with Crippen molar-refractivity contribution in [1.82, 2.24) is 10.2 Å². The number of amides is 3. The van der Waals surface area contributed by atoms with Crippen LogP contribution in [0.3, 0.4) is 0 Å². The second kappa shape index (κ2) is 10.6. The van der Waals surface area contributed by atoms with Gasteiger partial charge in [-0.3, -0.25) is 14.4 Å². The number of anilines is 1. The number of benzene rings is 2. The van der Waals surface area contributed by atoms with E-state index in [1.54, 1.807) is 22.7 Å². The summed E-state index contributed by atoms with van der Waals surface area (Å²) in [4.78, 5) is 42.9.